The van der Waals surface area contributed by atoms with Crippen LogP contribution in [0.3, 0.4) is 0 Å². The predicted octanol–water partition coefficient (Wildman–Crippen LogP) is 3.58. The highest BCUT2D eigenvalue weighted by Gasteiger charge is 2.40. The highest BCUT2D eigenvalue weighted by atomic mass is 19.1. The molecule has 0 saturated carbocycles. The van der Waals surface area contributed by atoms with Crippen molar-refractivity contribution in [2.75, 3.05) is 0 Å². The second-order valence-electron chi connectivity index (χ2n) is 8.99. The van der Waals surface area contributed by atoms with Gasteiger partial charge in [-0.05, 0) is 42.3 Å². The number of piperidine rings is 1. The quantitative estimate of drug-likeness (QED) is 0.496. The number of hydrogen-bond acceptors (Lipinski definition) is 5. The molecule has 8 nitrogen and oxygen atoms in total. The van der Waals surface area contributed by atoms with Crippen LogP contribution in [-0.4, -0.2) is 34.8 Å². The maximum atomic E-state index is 15.7. The lowest BCUT2D eigenvalue weighted by Crippen LogP contribution is -2.52. The van der Waals surface area contributed by atoms with Crippen LogP contribution in [0.15, 0.2) is 48.5 Å². The normalized spacial score (nSPS) is 16.9. The zero-order valence-electron chi connectivity index (χ0n) is 19.7. The molecule has 4 amide bonds. The van der Waals surface area contributed by atoms with Crippen LogP contribution >= 0.6 is 0 Å². The number of benzene rings is 3. The van der Waals surface area contributed by atoms with Crippen molar-refractivity contribution in [3.8, 4) is 16.9 Å². The molecule has 38 heavy (non-hydrogen) atoms. The fourth-order valence-electron chi connectivity index (χ4n) is 4.84. The lowest BCUT2D eigenvalue weighted by molar-refractivity contribution is -0.136. The van der Waals surface area contributed by atoms with Gasteiger partial charge in [0.2, 0.25) is 11.8 Å². The van der Waals surface area contributed by atoms with E-state index in [0.717, 1.165) is 12.1 Å². The van der Waals surface area contributed by atoms with Crippen molar-refractivity contribution < 1.29 is 37.1 Å². The van der Waals surface area contributed by atoms with Gasteiger partial charge in [0, 0.05) is 40.7 Å². The standard InChI is InChI=1S/C27H20F3N3O5/c28-19-4-2-1-3-14(19)15-5-7-22(38-27(31)37)17(24(15)30)10-13-9-16-18(20(29)11-13)12-33(26(16)36)21-6-8-23(34)32-25(21)35/h1-5,7,9,11,21H,6,8,10,12H2,(H2,31,37)(H,32,34,35). The van der Waals surface area contributed by atoms with Gasteiger partial charge in [-0.15, -0.1) is 0 Å². The monoisotopic (exact) mass is 523 g/mol. The molecule has 11 heteroatoms. The minimum absolute atomic E-state index is 0.00673. The Balaban J connectivity index is 1.52. The SMILES string of the molecule is NC(=O)Oc1ccc(-c2ccccc2F)c(F)c1Cc1cc(F)c2c(c1)C(=O)N(C1CCC(=O)NC1=O)C2. The lowest BCUT2D eigenvalue weighted by Gasteiger charge is -2.29. The third kappa shape index (κ3) is 4.47. The Morgan fingerprint density at radius 3 is 2.47 bits per heavy atom. The first-order valence-corrected chi connectivity index (χ1v) is 11.6. The molecule has 0 radical (unpaired) electrons. The third-order valence-electron chi connectivity index (χ3n) is 6.62. The molecule has 1 atom stereocenters. The van der Waals surface area contributed by atoms with Gasteiger partial charge in [-0.1, -0.05) is 18.2 Å². The van der Waals surface area contributed by atoms with Crippen LogP contribution in [0.5, 0.6) is 5.75 Å². The van der Waals surface area contributed by atoms with Gasteiger partial charge in [0.15, 0.2) is 0 Å². The summed E-state index contributed by atoms with van der Waals surface area (Å²) in [7, 11) is 0. The van der Waals surface area contributed by atoms with Crippen LogP contribution in [0.25, 0.3) is 11.1 Å². The fraction of sp³-hybridized carbons (Fsp3) is 0.185. The average molecular weight is 523 g/mol. The molecule has 1 fully saturated rings. The molecular weight excluding hydrogens is 503 g/mol. The van der Waals surface area contributed by atoms with Crippen molar-refractivity contribution in [2.24, 2.45) is 5.73 Å². The molecule has 0 bridgehead atoms. The van der Waals surface area contributed by atoms with E-state index < -0.39 is 47.3 Å². The molecule has 2 aliphatic rings. The van der Waals surface area contributed by atoms with E-state index in [1.165, 1.54) is 41.3 Å². The van der Waals surface area contributed by atoms with Gasteiger partial charge in [0.05, 0.1) is 6.54 Å². The second kappa shape index (κ2) is 9.66. The Labute approximate surface area is 214 Å². The van der Waals surface area contributed by atoms with Gasteiger partial charge in [-0.25, -0.2) is 18.0 Å². The molecule has 0 aliphatic carbocycles. The molecule has 3 aromatic carbocycles. The molecule has 2 aliphatic heterocycles. The van der Waals surface area contributed by atoms with E-state index in [9.17, 15) is 23.6 Å². The van der Waals surface area contributed by atoms with E-state index in [0.29, 0.717) is 0 Å². The number of carbonyl (C=O) groups excluding carboxylic acids is 4. The number of fused-ring (bicyclic) bond motifs is 1. The number of amides is 4. The third-order valence-corrected chi connectivity index (χ3v) is 6.62. The summed E-state index contributed by atoms with van der Waals surface area (Å²) in [5, 5.41) is 2.18. The largest absolute Gasteiger partial charge is 0.410 e. The first-order valence-electron chi connectivity index (χ1n) is 11.6. The summed E-state index contributed by atoms with van der Waals surface area (Å²) >= 11 is 0. The van der Waals surface area contributed by atoms with Crippen LogP contribution in [-0.2, 0) is 22.6 Å². The molecule has 194 valence electrons. The summed E-state index contributed by atoms with van der Waals surface area (Å²) in [6, 6.07) is 9.57. The van der Waals surface area contributed by atoms with Gasteiger partial charge in [0.1, 0.15) is 29.2 Å². The zero-order chi connectivity index (χ0) is 27.1. The van der Waals surface area contributed by atoms with E-state index in [1.807, 2.05) is 0 Å². The Hall–Kier alpha value is -4.67. The minimum Gasteiger partial charge on any atom is -0.410 e. The summed E-state index contributed by atoms with van der Waals surface area (Å²) < 4.78 is 50.2. The van der Waals surface area contributed by atoms with Crippen molar-refractivity contribution in [3.05, 3.63) is 88.2 Å². The molecule has 1 unspecified atom stereocenters. The molecule has 5 rings (SSSR count). The van der Waals surface area contributed by atoms with Crippen LogP contribution in [0.1, 0.15) is 39.9 Å². The first-order chi connectivity index (χ1) is 18.1. The number of ether oxygens (including phenoxy) is 1. The summed E-state index contributed by atoms with van der Waals surface area (Å²) in [5.74, 6) is -4.27. The highest BCUT2D eigenvalue weighted by molar-refractivity contribution is 6.05. The second-order valence-corrected chi connectivity index (χ2v) is 8.99. The number of nitrogens with one attached hydrogen (secondary N) is 1. The number of halogens is 3. The van der Waals surface area contributed by atoms with E-state index >= 15 is 8.78 Å². The van der Waals surface area contributed by atoms with Gasteiger partial charge in [-0.3, -0.25) is 19.7 Å². The summed E-state index contributed by atoms with van der Waals surface area (Å²) in [6.07, 6.45) is -1.38. The minimum atomic E-state index is -1.21. The van der Waals surface area contributed by atoms with Gasteiger partial charge < -0.3 is 15.4 Å². The predicted molar refractivity (Wildman–Crippen MR) is 127 cm³/mol. The Morgan fingerprint density at radius 2 is 1.76 bits per heavy atom. The first kappa shape index (κ1) is 25.0. The van der Waals surface area contributed by atoms with E-state index in [-0.39, 0.29) is 64.9 Å². The van der Waals surface area contributed by atoms with Crippen molar-refractivity contribution in [3.63, 3.8) is 0 Å². The topological polar surface area (TPSA) is 119 Å². The number of primary amides is 1. The molecule has 2 heterocycles. The van der Waals surface area contributed by atoms with E-state index in [2.05, 4.69) is 5.32 Å². The van der Waals surface area contributed by atoms with Crippen LogP contribution in [0.4, 0.5) is 18.0 Å². The highest BCUT2D eigenvalue weighted by Crippen LogP contribution is 2.36. The van der Waals surface area contributed by atoms with Gasteiger partial charge in [-0.2, -0.15) is 0 Å². The molecular formula is C27H20F3N3O5. The summed E-state index contributed by atoms with van der Waals surface area (Å²) in [4.78, 5) is 49.5. The van der Waals surface area contributed by atoms with Crippen molar-refractivity contribution in [2.45, 2.75) is 31.8 Å². The molecule has 3 aromatic rings. The van der Waals surface area contributed by atoms with Crippen molar-refractivity contribution in [1.29, 1.82) is 0 Å². The molecule has 3 N–H and O–H groups in total. The maximum absolute atomic E-state index is 15.7. The summed E-state index contributed by atoms with van der Waals surface area (Å²) in [6.45, 7) is -0.167. The number of nitrogens with two attached hydrogens (primary N) is 1. The Kier molecular flexibility index (Phi) is 6.35. The van der Waals surface area contributed by atoms with E-state index in [4.69, 9.17) is 10.5 Å². The number of hydrogen-bond donors (Lipinski definition) is 2. The van der Waals surface area contributed by atoms with E-state index in [1.54, 1.807) is 0 Å². The van der Waals surface area contributed by atoms with Gasteiger partial charge >= 0.3 is 6.09 Å². The van der Waals surface area contributed by atoms with Crippen LogP contribution < -0.4 is 15.8 Å². The van der Waals surface area contributed by atoms with Gasteiger partial charge in [0.25, 0.3) is 5.91 Å². The number of imide groups is 1. The van der Waals surface area contributed by atoms with Crippen molar-refractivity contribution >= 4 is 23.8 Å². The number of carbonyl (C=O) groups is 4. The Morgan fingerprint density at radius 1 is 1.00 bits per heavy atom. The summed E-state index contributed by atoms with van der Waals surface area (Å²) in [5.41, 5.74) is 5.00. The number of nitrogens with zero attached hydrogens (tertiary/aromatic N) is 1. The smallest absolute Gasteiger partial charge is 0.409 e. The van der Waals surface area contributed by atoms with Crippen LogP contribution in [0, 0.1) is 17.5 Å². The molecule has 0 spiro atoms. The van der Waals surface area contributed by atoms with Crippen molar-refractivity contribution in [1.82, 2.24) is 10.2 Å². The Bertz CT molecular complexity index is 1520. The maximum Gasteiger partial charge on any atom is 0.409 e. The zero-order valence-corrected chi connectivity index (χ0v) is 19.7. The average Bonchev–Trinajstić information content (AvgIpc) is 3.18. The molecule has 0 aromatic heterocycles. The molecule has 1 saturated heterocycles. The number of rotatable bonds is 5. The van der Waals surface area contributed by atoms with Crippen LogP contribution in [0.2, 0.25) is 0 Å². The lowest BCUT2D eigenvalue weighted by atomic mass is 9.95. The fourth-order valence-corrected chi connectivity index (χ4v) is 4.84.